The third kappa shape index (κ3) is 2.07. The van der Waals surface area contributed by atoms with E-state index in [1.807, 2.05) is 0 Å². The Labute approximate surface area is 103 Å². The summed E-state index contributed by atoms with van der Waals surface area (Å²) in [6.07, 6.45) is 4.76. The van der Waals surface area contributed by atoms with Crippen LogP contribution in [0.4, 0.5) is 0 Å². The van der Waals surface area contributed by atoms with Crippen LogP contribution >= 0.6 is 12.4 Å². The van der Waals surface area contributed by atoms with Crippen LogP contribution in [0.5, 0.6) is 0 Å². The van der Waals surface area contributed by atoms with Gasteiger partial charge in [0, 0.05) is 19.0 Å². The first-order chi connectivity index (χ1) is 7.34. The van der Waals surface area contributed by atoms with Gasteiger partial charge in [-0.15, -0.1) is 12.4 Å². The molecule has 2 saturated heterocycles. The molecule has 2 atom stereocenters. The Balaban J connectivity index is 0.000000963. The largest absolute Gasteiger partial charge is 0.342 e. The van der Waals surface area contributed by atoms with E-state index in [9.17, 15) is 4.79 Å². The van der Waals surface area contributed by atoms with E-state index in [1.165, 1.54) is 19.4 Å². The van der Waals surface area contributed by atoms with Crippen molar-refractivity contribution in [2.24, 2.45) is 17.8 Å². The van der Waals surface area contributed by atoms with Gasteiger partial charge in [-0.1, -0.05) is 6.42 Å². The fourth-order valence-corrected chi connectivity index (χ4v) is 3.15. The highest BCUT2D eigenvalue weighted by molar-refractivity contribution is 5.85. The molecule has 0 radical (unpaired) electrons. The fraction of sp³-hybridized carbons (Fsp3) is 0.917. The molecule has 3 fully saturated rings. The summed E-state index contributed by atoms with van der Waals surface area (Å²) < 4.78 is 0. The first-order valence-electron chi connectivity index (χ1n) is 6.34. The second kappa shape index (κ2) is 4.92. The lowest BCUT2D eigenvalue weighted by atomic mass is 9.82. The van der Waals surface area contributed by atoms with E-state index >= 15 is 0 Å². The Bertz CT molecular complexity index is 268. The summed E-state index contributed by atoms with van der Waals surface area (Å²) in [4.78, 5) is 14.2. The lowest BCUT2D eigenvalue weighted by Crippen LogP contribution is -2.47. The highest BCUT2D eigenvalue weighted by atomic mass is 35.5. The van der Waals surface area contributed by atoms with Gasteiger partial charge in [0.2, 0.25) is 5.91 Å². The molecule has 0 aromatic carbocycles. The van der Waals surface area contributed by atoms with Crippen molar-refractivity contribution in [2.75, 3.05) is 26.2 Å². The molecule has 4 heteroatoms. The van der Waals surface area contributed by atoms with Gasteiger partial charge in [-0.05, 0) is 44.2 Å². The Morgan fingerprint density at radius 1 is 1.12 bits per heavy atom. The van der Waals surface area contributed by atoms with Crippen molar-refractivity contribution in [3.8, 4) is 0 Å². The number of hydrogen-bond acceptors (Lipinski definition) is 2. The van der Waals surface area contributed by atoms with Crippen molar-refractivity contribution in [1.29, 1.82) is 0 Å². The van der Waals surface area contributed by atoms with Crippen LogP contribution in [0.25, 0.3) is 0 Å². The van der Waals surface area contributed by atoms with Crippen LogP contribution in [0, 0.1) is 17.8 Å². The van der Waals surface area contributed by atoms with Crippen LogP contribution in [0.1, 0.15) is 25.7 Å². The Morgan fingerprint density at radius 2 is 1.88 bits per heavy atom. The first-order valence-corrected chi connectivity index (χ1v) is 6.34. The summed E-state index contributed by atoms with van der Waals surface area (Å²) in [5, 5.41) is 3.44. The summed E-state index contributed by atoms with van der Waals surface area (Å²) in [6.45, 7) is 4.33. The lowest BCUT2D eigenvalue weighted by molar-refractivity contribution is -0.140. The highest BCUT2D eigenvalue weighted by Crippen LogP contribution is 2.32. The van der Waals surface area contributed by atoms with Crippen LogP contribution in [-0.2, 0) is 4.79 Å². The van der Waals surface area contributed by atoms with Crippen molar-refractivity contribution in [3.63, 3.8) is 0 Å². The molecule has 2 unspecified atom stereocenters. The SMILES string of the molecule is Cl.O=C(C1CCC1)N1CCC2CNCC2C1. The van der Waals surface area contributed by atoms with Crippen molar-refractivity contribution in [1.82, 2.24) is 10.2 Å². The van der Waals surface area contributed by atoms with Crippen molar-refractivity contribution < 1.29 is 4.79 Å². The Kier molecular flexibility index (Phi) is 3.75. The average molecular weight is 245 g/mol. The lowest BCUT2D eigenvalue weighted by Gasteiger charge is -2.38. The van der Waals surface area contributed by atoms with Crippen LogP contribution < -0.4 is 5.32 Å². The van der Waals surface area contributed by atoms with Gasteiger partial charge in [-0.3, -0.25) is 4.79 Å². The number of carbonyl (C=O) groups is 1. The number of rotatable bonds is 1. The normalized spacial score (nSPS) is 33.9. The third-order valence-electron chi connectivity index (χ3n) is 4.47. The zero-order chi connectivity index (χ0) is 10.3. The first kappa shape index (κ1) is 12.2. The maximum atomic E-state index is 12.1. The molecule has 0 aromatic heterocycles. The number of likely N-dealkylation sites (tertiary alicyclic amines) is 1. The Hall–Kier alpha value is -0.280. The number of piperidine rings is 1. The average Bonchev–Trinajstić information content (AvgIpc) is 2.61. The monoisotopic (exact) mass is 244 g/mol. The van der Waals surface area contributed by atoms with Crippen molar-refractivity contribution in [3.05, 3.63) is 0 Å². The minimum atomic E-state index is 0. The third-order valence-corrected chi connectivity index (χ3v) is 4.47. The number of nitrogens with zero attached hydrogens (tertiary/aromatic N) is 1. The molecule has 3 rings (SSSR count). The summed E-state index contributed by atoms with van der Waals surface area (Å²) in [6, 6.07) is 0. The zero-order valence-corrected chi connectivity index (χ0v) is 10.5. The molecule has 0 aromatic rings. The van der Waals surface area contributed by atoms with E-state index in [0.717, 1.165) is 44.3 Å². The molecule has 2 aliphatic heterocycles. The summed E-state index contributed by atoms with van der Waals surface area (Å²) in [7, 11) is 0. The number of amides is 1. The predicted octanol–water partition coefficient (Wildman–Crippen LogP) is 1.28. The molecule has 0 bridgehead atoms. The quantitative estimate of drug-likeness (QED) is 0.754. The van der Waals surface area contributed by atoms with Gasteiger partial charge in [0.25, 0.3) is 0 Å². The molecule has 3 aliphatic rings. The van der Waals surface area contributed by atoms with E-state index in [-0.39, 0.29) is 12.4 Å². The van der Waals surface area contributed by atoms with Crippen LogP contribution in [0.15, 0.2) is 0 Å². The van der Waals surface area contributed by atoms with E-state index < -0.39 is 0 Å². The maximum Gasteiger partial charge on any atom is 0.225 e. The number of fused-ring (bicyclic) bond motifs is 1. The van der Waals surface area contributed by atoms with E-state index in [0.29, 0.717) is 11.8 Å². The smallest absolute Gasteiger partial charge is 0.225 e. The summed E-state index contributed by atoms with van der Waals surface area (Å²) >= 11 is 0. The second-order valence-corrected chi connectivity index (χ2v) is 5.38. The molecule has 16 heavy (non-hydrogen) atoms. The van der Waals surface area contributed by atoms with E-state index in [2.05, 4.69) is 10.2 Å². The van der Waals surface area contributed by atoms with Crippen LogP contribution in [-0.4, -0.2) is 37.0 Å². The van der Waals surface area contributed by atoms with Crippen molar-refractivity contribution in [2.45, 2.75) is 25.7 Å². The van der Waals surface area contributed by atoms with Gasteiger partial charge in [0.1, 0.15) is 0 Å². The van der Waals surface area contributed by atoms with Gasteiger partial charge in [0.05, 0.1) is 0 Å². The molecule has 1 aliphatic carbocycles. The van der Waals surface area contributed by atoms with Crippen LogP contribution in [0.2, 0.25) is 0 Å². The molecule has 2 heterocycles. The van der Waals surface area contributed by atoms with Gasteiger partial charge < -0.3 is 10.2 Å². The number of carbonyl (C=O) groups excluding carboxylic acids is 1. The van der Waals surface area contributed by atoms with E-state index in [4.69, 9.17) is 0 Å². The second-order valence-electron chi connectivity index (χ2n) is 5.38. The molecule has 1 saturated carbocycles. The van der Waals surface area contributed by atoms with E-state index in [1.54, 1.807) is 0 Å². The molecule has 1 N–H and O–H groups in total. The molecule has 0 spiro atoms. The number of nitrogens with one attached hydrogen (secondary N) is 1. The number of halogens is 1. The minimum absolute atomic E-state index is 0. The fourth-order valence-electron chi connectivity index (χ4n) is 3.15. The number of hydrogen-bond donors (Lipinski definition) is 1. The predicted molar refractivity (Wildman–Crippen MR) is 65.6 cm³/mol. The standard InChI is InChI=1S/C12H20N2O.ClH/c15-12(9-2-1-3-9)14-5-4-10-6-13-7-11(10)8-14;/h9-11,13H,1-8H2;1H. The Morgan fingerprint density at radius 3 is 2.56 bits per heavy atom. The molecular weight excluding hydrogens is 224 g/mol. The topological polar surface area (TPSA) is 32.3 Å². The molecule has 3 nitrogen and oxygen atoms in total. The van der Waals surface area contributed by atoms with Crippen molar-refractivity contribution >= 4 is 18.3 Å². The van der Waals surface area contributed by atoms with Crippen LogP contribution in [0.3, 0.4) is 0 Å². The zero-order valence-electron chi connectivity index (χ0n) is 9.65. The summed E-state index contributed by atoms with van der Waals surface area (Å²) in [5.74, 6) is 2.42. The minimum Gasteiger partial charge on any atom is -0.342 e. The molecular formula is C12H21ClN2O. The highest BCUT2D eigenvalue weighted by Gasteiger charge is 2.37. The van der Waals surface area contributed by atoms with Gasteiger partial charge >= 0.3 is 0 Å². The van der Waals surface area contributed by atoms with Gasteiger partial charge in [-0.2, -0.15) is 0 Å². The van der Waals surface area contributed by atoms with Gasteiger partial charge in [-0.25, -0.2) is 0 Å². The molecule has 92 valence electrons. The van der Waals surface area contributed by atoms with Gasteiger partial charge in [0.15, 0.2) is 0 Å². The summed E-state index contributed by atoms with van der Waals surface area (Å²) in [5.41, 5.74) is 0. The molecule has 1 amide bonds. The maximum absolute atomic E-state index is 12.1.